The van der Waals surface area contributed by atoms with Crippen molar-refractivity contribution in [3.63, 3.8) is 0 Å². The normalized spacial score (nSPS) is 11.2. The highest BCUT2D eigenvalue weighted by Gasteiger charge is 2.25. The van der Waals surface area contributed by atoms with Gasteiger partial charge in [-0.1, -0.05) is 18.7 Å². The smallest absolute Gasteiger partial charge is 0.242 e. The van der Waals surface area contributed by atoms with E-state index in [0.717, 1.165) is 12.6 Å². The van der Waals surface area contributed by atoms with Crippen molar-refractivity contribution in [3.8, 4) is 5.75 Å². The highest BCUT2D eigenvalue weighted by atomic mass is 16.5. The van der Waals surface area contributed by atoms with Crippen LogP contribution in [0.25, 0.3) is 5.70 Å². The van der Waals surface area contributed by atoms with E-state index < -0.39 is 6.04 Å². The topological polar surface area (TPSA) is 92.8 Å². The van der Waals surface area contributed by atoms with Crippen molar-refractivity contribution in [1.82, 2.24) is 10.2 Å². The quantitative estimate of drug-likeness (QED) is 0.418. The Morgan fingerprint density at radius 3 is 2.56 bits per heavy atom. The summed E-state index contributed by atoms with van der Waals surface area (Å²) in [4.78, 5) is 46.6. The predicted molar refractivity (Wildman–Crippen MR) is 103 cm³/mol. The van der Waals surface area contributed by atoms with Gasteiger partial charge in [-0.05, 0) is 18.9 Å². The van der Waals surface area contributed by atoms with Crippen LogP contribution < -0.4 is 10.1 Å². The molecule has 7 heteroatoms. The average Bonchev–Trinajstić information content (AvgIpc) is 2.70. The summed E-state index contributed by atoms with van der Waals surface area (Å²) in [5, 5.41) is 2.58. The van der Waals surface area contributed by atoms with E-state index in [1.165, 1.54) is 7.05 Å². The maximum atomic E-state index is 12.2. The Labute approximate surface area is 159 Å². The van der Waals surface area contributed by atoms with Gasteiger partial charge in [-0.25, -0.2) is 0 Å². The Morgan fingerprint density at radius 1 is 1.26 bits per heavy atom. The monoisotopic (exact) mass is 374 g/mol. The van der Waals surface area contributed by atoms with Gasteiger partial charge in [-0.3, -0.25) is 9.59 Å². The van der Waals surface area contributed by atoms with Gasteiger partial charge in [0.2, 0.25) is 5.91 Å². The summed E-state index contributed by atoms with van der Waals surface area (Å²) < 4.78 is 5.62. The minimum absolute atomic E-state index is 0.232. The molecule has 1 unspecified atom stereocenters. The molecule has 1 atom stereocenters. The van der Waals surface area contributed by atoms with Crippen molar-refractivity contribution in [2.24, 2.45) is 0 Å². The van der Waals surface area contributed by atoms with Crippen LogP contribution in [0.3, 0.4) is 0 Å². The molecule has 0 radical (unpaired) electrons. The predicted octanol–water partition coefficient (Wildman–Crippen LogP) is 1.85. The van der Waals surface area contributed by atoms with Crippen LogP contribution in [0.1, 0.15) is 41.6 Å². The van der Waals surface area contributed by atoms with Gasteiger partial charge in [0.15, 0.2) is 6.29 Å². The fourth-order valence-corrected chi connectivity index (χ4v) is 2.66. The zero-order chi connectivity index (χ0) is 20.2. The molecule has 0 aliphatic rings. The Hall–Kier alpha value is -2.96. The Balaban J connectivity index is 3.09. The number of hydrogen-bond donors (Lipinski definition) is 1. The number of carbonyl (C=O) groups is 4. The third-order valence-electron chi connectivity index (χ3n) is 4.22. The van der Waals surface area contributed by atoms with Gasteiger partial charge >= 0.3 is 0 Å². The van der Waals surface area contributed by atoms with E-state index >= 15 is 0 Å². The number of rotatable bonds is 13. The zero-order valence-electron chi connectivity index (χ0n) is 15.8. The summed E-state index contributed by atoms with van der Waals surface area (Å²) in [6.45, 7) is 4.34. The first-order valence-electron chi connectivity index (χ1n) is 8.73. The average molecular weight is 374 g/mol. The van der Waals surface area contributed by atoms with Crippen LogP contribution in [0.4, 0.5) is 0 Å². The van der Waals surface area contributed by atoms with Crippen LogP contribution in [0.5, 0.6) is 5.75 Å². The van der Waals surface area contributed by atoms with Crippen LogP contribution >= 0.6 is 0 Å². The fraction of sp³-hybridized carbons (Fsp3) is 0.400. The second kappa shape index (κ2) is 11.6. The number of benzene rings is 1. The van der Waals surface area contributed by atoms with Crippen LogP contribution in [-0.2, 0) is 14.4 Å². The highest BCUT2D eigenvalue weighted by Crippen LogP contribution is 2.28. The van der Waals surface area contributed by atoms with Crippen molar-refractivity contribution >= 4 is 30.5 Å². The fourth-order valence-electron chi connectivity index (χ4n) is 2.66. The van der Waals surface area contributed by atoms with Crippen molar-refractivity contribution < 1.29 is 23.9 Å². The first-order chi connectivity index (χ1) is 13.0. The van der Waals surface area contributed by atoms with E-state index in [4.69, 9.17) is 4.74 Å². The Kier molecular flexibility index (Phi) is 9.50. The van der Waals surface area contributed by atoms with Crippen LogP contribution in [0.15, 0.2) is 24.8 Å². The van der Waals surface area contributed by atoms with Gasteiger partial charge in [-0.2, -0.15) is 0 Å². The summed E-state index contributed by atoms with van der Waals surface area (Å²) in [6, 6.07) is 4.53. The van der Waals surface area contributed by atoms with E-state index in [0.29, 0.717) is 54.7 Å². The molecule has 0 saturated carbocycles. The number of hydrogen-bond acceptors (Lipinski definition) is 6. The molecule has 1 N–H and O–H groups in total. The lowest BCUT2D eigenvalue weighted by Crippen LogP contribution is -2.43. The Bertz CT molecular complexity index is 687. The molecule has 0 heterocycles. The number of amides is 1. The first-order valence-corrected chi connectivity index (χ1v) is 8.73. The molecule has 146 valence electrons. The largest absolute Gasteiger partial charge is 0.493 e. The Morgan fingerprint density at radius 2 is 1.96 bits per heavy atom. The van der Waals surface area contributed by atoms with E-state index in [9.17, 15) is 19.2 Å². The minimum atomic E-state index is -0.593. The van der Waals surface area contributed by atoms with Crippen molar-refractivity contribution in [3.05, 3.63) is 35.9 Å². The van der Waals surface area contributed by atoms with Crippen molar-refractivity contribution in [2.45, 2.75) is 31.7 Å². The molecule has 0 fully saturated rings. The molecule has 1 aromatic rings. The third-order valence-corrected chi connectivity index (χ3v) is 4.22. The van der Waals surface area contributed by atoms with Gasteiger partial charge in [0.05, 0.1) is 12.2 Å². The number of ether oxygens (including phenoxy) is 1. The van der Waals surface area contributed by atoms with E-state index in [-0.39, 0.29) is 12.3 Å². The molecule has 1 aromatic carbocycles. The van der Waals surface area contributed by atoms with E-state index in [1.807, 2.05) is 0 Å². The van der Waals surface area contributed by atoms with Crippen LogP contribution in [-0.4, -0.2) is 56.4 Å². The van der Waals surface area contributed by atoms with Gasteiger partial charge in [0.25, 0.3) is 0 Å². The number of aldehydes is 3. The second-order valence-electron chi connectivity index (χ2n) is 5.92. The molecule has 1 rings (SSSR count). The summed E-state index contributed by atoms with van der Waals surface area (Å²) in [5.41, 5.74) is 1.34. The number of carbonyl (C=O) groups excluding carboxylic acids is 4. The molecular weight excluding hydrogens is 348 g/mol. The molecule has 0 aliphatic carbocycles. The van der Waals surface area contributed by atoms with Crippen LogP contribution in [0, 0.1) is 0 Å². The number of unbranched alkanes of at least 4 members (excludes halogenated alkanes) is 1. The van der Waals surface area contributed by atoms with Gasteiger partial charge in [0.1, 0.15) is 24.4 Å². The molecular formula is C20H26N2O5. The molecule has 0 aromatic heterocycles. The highest BCUT2D eigenvalue weighted by molar-refractivity contribution is 5.89. The maximum absolute atomic E-state index is 12.2. The van der Waals surface area contributed by atoms with E-state index in [1.54, 1.807) is 30.1 Å². The number of nitrogens with one attached hydrogen (secondary N) is 1. The lowest BCUT2D eigenvalue weighted by molar-refractivity contribution is -0.124. The zero-order valence-corrected chi connectivity index (χ0v) is 15.8. The molecule has 0 spiro atoms. The standard InChI is InChI=1S/C20H26N2O5/c1-15(22(3)18(9-7-12-24)20(26)21-2)16-8-6-10-19(17(16)14-25)27-13-5-4-11-23/h6,8,10-12,14,18H,1,4-5,7,9,13H2,2-3H3,(H,21,26). The van der Waals surface area contributed by atoms with Crippen LogP contribution in [0.2, 0.25) is 0 Å². The lowest BCUT2D eigenvalue weighted by Gasteiger charge is -2.30. The summed E-state index contributed by atoms with van der Waals surface area (Å²) in [6.07, 6.45) is 3.76. The lowest BCUT2D eigenvalue weighted by atomic mass is 10.0. The van der Waals surface area contributed by atoms with Gasteiger partial charge in [-0.15, -0.1) is 0 Å². The number of likely N-dealkylation sites (N-methyl/N-ethyl adjacent to an activating group) is 2. The molecule has 0 saturated heterocycles. The minimum Gasteiger partial charge on any atom is -0.493 e. The SMILES string of the molecule is C=C(c1cccc(OCCCC=O)c1C=O)N(C)C(CCC=O)C(=O)NC. The summed E-state index contributed by atoms with van der Waals surface area (Å²) >= 11 is 0. The molecule has 27 heavy (non-hydrogen) atoms. The van der Waals surface area contributed by atoms with Gasteiger partial charge in [0, 0.05) is 38.2 Å². The van der Waals surface area contributed by atoms with E-state index in [2.05, 4.69) is 11.9 Å². The molecule has 1 amide bonds. The summed E-state index contributed by atoms with van der Waals surface area (Å²) in [7, 11) is 3.22. The molecule has 7 nitrogen and oxygen atoms in total. The van der Waals surface area contributed by atoms with Crippen molar-refractivity contribution in [1.29, 1.82) is 0 Å². The van der Waals surface area contributed by atoms with Gasteiger partial charge < -0.3 is 24.5 Å². The summed E-state index contributed by atoms with van der Waals surface area (Å²) in [5.74, 6) is 0.154. The molecule has 0 aliphatic heterocycles. The van der Waals surface area contributed by atoms with Crippen molar-refractivity contribution in [2.75, 3.05) is 20.7 Å². The third kappa shape index (κ3) is 6.06. The maximum Gasteiger partial charge on any atom is 0.242 e. The second-order valence-corrected chi connectivity index (χ2v) is 5.92. The first kappa shape index (κ1) is 22.1. The molecule has 0 bridgehead atoms. The number of nitrogens with zero attached hydrogens (tertiary/aromatic N) is 1.